The van der Waals surface area contributed by atoms with Gasteiger partial charge in [-0.2, -0.15) is 0 Å². The Morgan fingerprint density at radius 3 is 2.68 bits per heavy atom. The van der Waals surface area contributed by atoms with Crippen molar-refractivity contribution in [3.05, 3.63) is 0 Å². The number of nitrogens with zero attached hydrogens (tertiary/aromatic N) is 1. The lowest BCUT2D eigenvalue weighted by molar-refractivity contribution is -0.124. The summed E-state index contributed by atoms with van der Waals surface area (Å²) in [5, 5.41) is 6.44. The predicted molar refractivity (Wildman–Crippen MR) is 80.3 cm³/mol. The first-order valence-electron chi connectivity index (χ1n) is 7.93. The number of piperidine rings is 1. The molecule has 0 aromatic heterocycles. The zero-order chi connectivity index (χ0) is 14.1. The molecule has 2 N–H and O–H groups in total. The number of carbonyl (C=O) groups excluding carboxylic acids is 1. The molecule has 1 aliphatic heterocycles. The van der Waals surface area contributed by atoms with Crippen molar-refractivity contribution in [3.63, 3.8) is 0 Å². The molecule has 0 bridgehead atoms. The molecule has 0 radical (unpaired) electrons. The molecule has 1 heterocycles. The minimum absolute atomic E-state index is 0.0407. The topological polar surface area (TPSA) is 44.4 Å². The van der Waals surface area contributed by atoms with Crippen molar-refractivity contribution in [3.8, 4) is 0 Å². The third-order valence-corrected chi connectivity index (χ3v) is 4.02. The Balaban J connectivity index is 2.15. The van der Waals surface area contributed by atoms with Crippen molar-refractivity contribution in [2.24, 2.45) is 0 Å². The Morgan fingerprint density at radius 1 is 1.37 bits per heavy atom. The predicted octanol–water partition coefficient (Wildman–Crippen LogP) is 1.76. The van der Waals surface area contributed by atoms with Crippen LogP contribution in [0.1, 0.15) is 52.9 Å². The zero-order valence-electron chi connectivity index (χ0n) is 12.9. The molecule has 1 saturated heterocycles. The molecule has 0 aromatic rings. The van der Waals surface area contributed by atoms with Crippen LogP contribution in [0.2, 0.25) is 0 Å². The minimum atomic E-state index is 0.0407. The van der Waals surface area contributed by atoms with Crippen LogP contribution in [-0.4, -0.2) is 49.1 Å². The highest BCUT2D eigenvalue weighted by molar-refractivity contribution is 5.82. The van der Waals surface area contributed by atoms with Gasteiger partial charge in [0.25, 0.3) is 0 Å². The molecule has 4 heteroatoms. The molecular weight excluding hydrogens is 238 g/mol. The molecule has 19 heavy (non-hydrogen) atoms. The number of hydrogen-bond donors (Lipinski definition) is 2. The standard InChI is InChI=1S/C15H31N3O/c1-4-18(5-2)12-8-9-13(3)17-15(19)14-10-6-7-11-16-14/h13-14,16H,4-12H2,1-3H3,(H,17,19)/t13?,14-/m1/s1. The molecule has 1 fully saturated rings. The maximum absolute atomic E-state index is 12.0. The summed E-state index contributed by atoms with van der Waals surface area (Å²) in [6.07, 6.45) is 5.57. The smallest absolute Gasteiger partial charge is 0.237 e. The Bertz CT molecular complexity index is 248. The maximum atomic E-state index is 12.0. The number of rotatable bonds is 8. The van der Waals surface area contributed by atoms with Crippen molar-refractivity contribution >= 4 is 5.91 Å². The molecule has 0 aromatic carbocycles. The van der Waals surface area contributed by atoms with Crippen LogP contribution < -0.4 is 10.6 Å². The summed E-state index contributed by atoms with van der Waals surface area (Å²) in [7, 11) is 0. The number of amides is 1. The van der Waals surface area contributed by atoms with Gasteiger partial charge in [0.2, 0.25) is 5.91 Å². The molecule has 1 amide bonds. The van der Waals surface area contributed by atoms with Gasteiger partial charge in [0.05, 0.1) is 6.04 Å². The van der Waals surface area contributed by atoms with Crippen molar-refractivity contribution < 1.29 is 4.79 Å². The second-order valence-corrected chi connectivity index (χ2v) is 5.58. The van der Waals surface area contributed by atoms with E-state index >= 15 is 0 Å². The van der Waals surface area contributed by atoms with Crippen LogP contribution in [0.5, 0.6) is 0 Å². The lowest BCUT2D eigenvalue weighted by Crippen LogP contribution is -2.49. The lowest BCUT2D eigenvalue weighted by Gasteiger charge is -2.25. The van der Waals surface area contributed by atoms with Crippen LogP contribution in [0.25, 0.3) is 0 Å². The van der Waals surface area contributed by atoms with E-state index in [-0.39, 0.29) is 18.0 Å². The fraction of sp³-hybridized carbons (Fsp3) is 0.933. The number of nitrogens with one attached hydrogen (secondary N) is 2. The van der Waals surface area contributed by atoms with Crippen LogP contribution >= 0.6 is 0 Å². The average Bonchev–Trinajstić information content (AvgIpc) is 2.44. The largest absolute Gasteiger partial charge is 0.352 e. The van der Waals surface area contributed by atoms with E-state index < -0.39 is 0 Å². The summed E-state index contributed by atoms with van der Waals surface area (Å²) in [4.78, 5) is 14.5. The van der Waals surface area contributed by atoms with E-state index in [9.17, 15) is 4.79 Å². The van der Waals surface area contributed by atoms with Crippen LogP contribution in [0.4, 0.5) is 0 Å². The molecule has 1 aliphatic rings. The molecule has 0 aliphatic carbocycles. The lowest BCUT2D eigenvalue weighted by atomic mass is 10.0. The van der Waals surface area contributed by atoms with Gasteiger partial charge in [0, 0.05) is 6.04 Å². The summed E-state index contributed by atoms with van der Waals surface area (Å²) in [5.41, 5.74) is 0. The minimum Gasteiger partial charge on any atom is -0.352 e. The summed E-state index contributed by atoms with van der Waals surface area (Å²) in [6, 6.07) is 0.325. The summed E-state index contributed by atoms with van der Waals surface area (Å²) in [5.74, 6) is 0.190. The average molecular weight is 269 g/mol. The molecule has 112 valence electrons. The molecular formula is C15H31N3O. The van der Waals surface area contributed by atoms with Gasteiger partial charge in [0.1, 0.15) is 0 Å². The van der Waals surface area contributed by atoms with Gasteiger partial charge >= 0.3 is 0 Å². The van der Waals surface area contributed by atoms with E-state index in [1.807, 2.05) is 0 Å². The number of hydrogen-bond acceptors (Lipinski definition) is 3. The van der Waals surface area contributed by atoms with Gasteiger partial charge < -0.3 is 15.5 Å². The van der Waals surface area contributed by atoms with Crippen LogP contribution in [-0.2, 0) is 4.79 Å². The van der Waals surface area contributed by atoms with Crippen molar-refractivity contribution in [1.82, 2.24) is 15.5 Å². The van der Waals surface area contributed by atoms with Gasteiger partial charge in [-0.05, 0) is 58.8 Å². The highest BCUT2D eigenvalue weighted by atomic mass is 16.2. The SMILES string of the molecule is CCN(CC)CCCC(C)NC(=O)[C@H]1CCCCN1. The van der Waals surface area contributed by atoms with Gasteiger partial charge in [-0.15, -0.1) is 0 Å². The van der Waals surface area contributed by atoms with E-state index in [4.69, 9.17) is 0 Å². The molecule has 0 spiro atoms. The Hall–Kier alpha value is -0.610. The summed E-state index contributed by atoms with van der Waals surface area (Å²) >= 11 is 0. The van der Waals surface area contributed by atoms with Crippen molar-refractivity contribution in [2.45, 2.75) is 65.0 Å². The van der Waals surface area contributed by atoms with E-state index in [2.05, 4.69) is 36.3 Å². The Morgan fingerprint density at radius 2 is 2.11 bits per heavy atom. The summed E-state index contributed by atoms with van der Waals surface area (Å²) in [6.45, 7) is 10.9. The first-order valence-corrected chi connectivity index (χ1v) is 7.93. The van der Waals surface area contributed by atoms with E-state index in [0.29, 0.717) is 0 Å². The van der Waals surface area contributed by atoms with Crippen LogP contribution in [0.15, 0.2) is 0 Å². The highest BCUT2D eigenvalue weighted by Crippen LogP contribution is 2.08. The van der Waals surface area contributed by atoms with Crippen LogP contribution in [0, 0.1) is 0 Å². The maximum Gasteiger partial charge on any atom is 0.237 e. The first kappa shape index (κ1) is 16.4. The quantitative estimate of drug-likeness (QED) is 0.706. The van der Waals surface area contributed by atoms with Crippen LogP contribution in [0.3, 0.4) is 0 Å². The van der Waals surface area contributed by atoms with E-state index in [0.717, 1.165) is 45.4 Å². The molecule has 0 saturated carbocycles. The zero-order valence-corrected chi connectivity index (χ0v) is 12.9. The Kier molecular flexibility index (Phi) is 8.07. The number of carbonyl (C=O) groups is 1. The molecule has 4 nitrogen and oxygen atoms in total. The highest BCUT2D eigenvalue weighted by Gasteiger charge is 2.21. The van der Waals surface area contributed by atoms with Gasteiger partial charge in [0.15, 0.2) is 0 Å². The van der Waals surface area contributed by atoms with E-state index in [1.54, 1.807) is 0 Å². The van der Waals surface area contributed by atoms with E-state index in [1.165, 1.54) is 12.8 Å². The fourth-order valence-corrected chi connectivity index (χ4v) is 2.65. The van der Waals surface area contributed by atoms with Gasteiger partial charge in [-0.3, -0.25) is 4.79 Å². The second kappa shape index (κ2) is 9.32. The fourth-order valence-electron chi connectivity index (χ4n) is 2.65. The third kappa shape index (κ3) is 6.39. The third-order valence-electron chi connectivity index (χ3n) is 4.02. The first-order chi connectivity index (χ1) is 9.17. The molecule has 1 rings (SSSR count). The normalized spacial score (nSPS) is 21.4. The molecule has 2 atom stereocenters. The second-order valence-electron chi connectivity index (χ2n) is 5.58. The monoisotopic (exact) mass is 269 g/mol. The van der Waals surface area contributed by atoms with Crippen molar-refractivity contribution in [2.75, 3.05) is 26.2 Å². The molecule has 1 unspecified atom stereocenters. The Labute approximate surface area is 118 Å². The van der Waals surface area contributed by atoms with Gasteiger partial charge in [-0.25, -0.2) is 0 Å². The van der Waals surface area contributed by atoms with Gasteiger partial charge in [-0.1, -0.05) is 20.3 Å². The summed E-state index contributed by atoms with van der Waals surface area (Å²) < 4.78 is 0. The van der Waals surface area contributed by atoms with Crippen molar-refractivity contribution in [1.29, 1.82) is 0 Å².